The van der Waals surface area contributed by atoms with E-state index in [1.165, 1.54) is 11.8 Å². The number of nitrogens with one attached hydrogen (secondary N) is 1. The molecule has 0 unspecified atom stereocenters. The molecule has 0 aliphatic rings. The maximum atomic E-state index is 11.7. The molecule has 0 saturated heterocycles. The summed E-state index contributed by atoms with van der Waals surface area (Å²) in [6.45, 7) is 1.86. The van der Waals surface area contributed by atoms with Gasteiger partial charge >= 0.3 is 0 Å². The fraction of sp³-hybridized carbons (Fsp3) is 0.143. The molecule has 1 aromatic heterocycles. The fourth-order valence-electron chi connectivity index (χ4n) is 1.49. The van der Waals surface area contributed by atoms with Crippen molar-refractivity contribution in [3.63, 3.8) is 0 Å². The normalized spacial score (nSPS) is 9.89. The molecule has 1 N–H and O–H groups in total. The summed E-state index contributed by atoms with van der Waals surface area (Å²) in [6.07, 6.45) is 1.61. The summed E-state index contributed by atoms with van der Waals surface area (Å²) >= 11 is 1.43. The van der Waals surface area contributed by atoms with Gasteiger partial charge in [-0.05, 0) is 37.3 Å². The molecule has 96 valence electrons. The van der Waals surface area contributed by atoms with Crippen molar-refractivity contribution in [2.45, 2.75) is 11.8 Å². The van der Waals surface area contributed by atoms with Gasteiger partial charge in [0.15, 0.2) is 0 Å². The summed E-state index contributed by atoms with van der Waals surface area (Å²) in [5.41, 5.74) is 1.26. The van der Waals surface area contributed by atoms with Crippen molar-refractivity contribution in [3.05, 3.63) is 47.9 Å². The first-order valence-corrected chi connectivity index (χ1v) is 6.64. The van der Waals surface area contributed by atoms with Gasteiger partial charge in [0.2, 0.25) is 5.91 Å². The third kappa shape index (κ3) is 3.63. The third-order valence-corrected chi connectivity index (χ3v) is 3.61. The molecule has 0 fully saturated rings. The van der Waals surface area contributed by atoms with E-state index >= 15 is 0 Å². The third-order valence-electron chi connectivity index (χ3n) is 2.47. The van der Waals surface area contributed by atoms with Gasteiger partial charge in [0, 0.05) is 10.6 Å². The van der Waals surface area contributed by atoms with E-state index in [-0.39, 0.29) is 5.91 Å². The summed E-state index contributed by atoms with van der Waals surface area (Å²) in [6, 6.07) is 10.6. The number of nitrogens with zero attached hydrogens (tertiary/aromatic N) is 1. The van der Waals surface area contributed by atoms with Gasteiger partial charge in [0.25, 0.3) is 0 Å². The molecule has 2 rings (SSSR count). The first kappa shape index (κ1) is 13.2. The van der Waals surface area contributed by atoms with Crippen molar-refractivity contribution in [1.29, 1.82) is 5.26 Å². The highest BCUT2D eigenvalue weighted by Crippen LogP contribution is 2.23. The van der Waals surface area contributed by atoms with Crippen LogP contribution < -0.4 is 5.32 Å². The van der Waals surface area contributed by atoms with Gasteiger partial charge in [0.05, 0.1) is 23.6 Å². The predicted molar refractivity (Wildman–Crippen MR) is 74.0 cm³/mol. The smallest absolute Gasteiger partial charge is 0.234 e. The molecule has 5 heteroatoms. The van der Waals surface area contributed by atoms with Crippen LogP contribution in [-0.2, 0) is 4.79 Å². The van der Waals surface area contributed by atoms with Crippen LogP contribution in [0.4, 0.5) is 5.69 Å². The number of anilines is 1. The van der Waals surface area contributed by atoms with Crippen LogP contribution in [0.1, 0.15) is 11.3 Å². The highest BCUT2D eigenvalue weighted by atomic mass is 32.2. The lowest BCUT2D eigenvalue weighted by atomic mass is 10.2. The molecule has 0 saturated carbocycles. The Hall–Kier alpha value is -2.19. The summed E-state index contributed by atoms with van der Waals surface area (Å²) < 4.78 is 5.16. The standard InChI is InChI=1S/C14H12N2O2S/c1-10-13(6-7-18-10)19-9-14(17)16-12-4-2-11(8-15)3-5-12/h2-7H,9H2,1H3,(H,16,17). The Morgan fingerprint density at radius 2 is 2.11 bits per heavy atom. The zero-order valence-electron chi connectivity index (χ0n) is 10.3. The minimum Gasteiger partial charge on any atom is -0.468 e. The second-order valence-electron chi connectivity index (χ2n) is 3.87. The number of amides is 1. The Morgan fingerprint density at radius 3 is 2.68 bits per heavy atom. The lowest BCUT2D eigenvalue weighted by Crippen LogP contribution is -2.13. The highest BCUT2D eigenvalue weighted by molar-refractivity contribution is 8.00. The van der Waals surface area contributed by atoms with E-state index in [1.807, 2.05) is 19.1 Å². The van der Waals surface area contributed by atoms with Crippen LogP contribution in [0.5, 0.6) is 0 Å². The van der Waals surface area contributed by atoms with E-state index in [0.29, 0.717) is 17.0 Å². The fourth-order valence-corrected chi connectivity index (χ4v) is 2.25. The van der Waals surface area contributed by atoms with Crippen LogP contribution in [0.2, 0.25) is 0 Å². The van der Waals surface area contributed by atoms with Crippen molar-refractivity contribution in [1.82, 2.24) is 0 Å². The summed E-state index contributed by atoms with van der Waals surface area (Å²) in [5, 5.41) is 11.5. The monoisotopic (exact) mass is 272 g/mol. The molecule has 0 atom stereocenters. The maximum absolute atomic E-state index is 11.7. The van der Waals surface area contributed by atoms with Gasteiger partial charge in [-0.3, -0.25) is 4.79 Å². The predicted octanol–water partition coefficient (Wildman–Crippen LogP) is 3.19. The molecule has 19 heavy (non-hydrogen) atoms. The van der Waals surface area contributed by atoms with Crippen molar-refractivity contribution in [3.8, 4) is 6.07 Å². The van der Waals surface area contributed by atoms with Crippen LogP contribution in [0, 0.1) is 18.3 Å². The zero-order valence-corrected chi connectivity index (χ0v) is 11.2. The number of carbonyl (C=O) groups excluding carboxylic acids is 1. The second kappa shape index (κ2) is 6.12. The number of rotatable bonds is 4. The minimum atomic E-state index is -0.0877. The molecule has 0 bridgehead atoms. The maximum Gasteiger partial charge on any atom is 0.234 e. The summed E-state index contributed by atoms with van der Waals surface area (Å²) in [4.78, 5) is 12.7. The average Bonchev–Trinajstić information content (AvgIpc) is 2.83. The lowest BCUT2D eigenvalue weighted by molar-refractivity contribution is -0.113. The molecule has 1 heterocycles. The number of aryl methyl sites for hydroxylation is 1. The Bertz CT molecular complexity index is 611. The molecule has 1 amide bonds. The molecular formula is C14H12N2O2S. The molecule has 0 aliphatic carbocycles. The second-order valence-corrected chi connectivity index (χ2v) is 4.88. The van der Waals surface area contributed by atoms with Crippen molar-refractivity contribution >= 4 is 23.4 Å². The molecule has 0 radical (unpaired) electrons. The van der Waals surface area contributed by atoms with Crippen molar-refractivity contribution < 1.29 is 9.21 Å². The van der Waals surface area contributed by atoms with Gasteiger partial charge in [-0.15, -0.1) is 11.8 Å². The van der Waals surface area contributed by atoms with Gasteiger partial charge in [0.1, 0.15) is 5.76 Å². The van der Waals surface area contributed by atoms with Gasteiger partial charge in [-0.25, -0.2) is 0 Å². The molecule has 1 aromatic carbocycles. The molecule has 0 aliphatic heterocycles. The van der Waals surface area contributed by atoms with Crippen LogP contribution in [0.3, 0.4) is 0 Å². The van der Waals surface area contributed by atoms with E-state index in [1.54, 1.807) is 30.5 Å². The Kier molecular flexibility index (Phi) is 4.26. The number of furan rings is 1. The Labute approximate surface area is 115 Å². The molecule has 4 nitrogen and oxygen atoms in total. The van der Waals surface area contributed by atoms with Gasteiger partial charge in [-0.1, -0.05) is 0 Å². The number of hydrogen-bond donors (Lipinski definition) is 1. The topological polar surface area (TPSA) is 66.0 Å². The van der Waals surface area contributed by atoms with Crippen LogP contribution in [0.25, 0.3) is 0 Å². The van der Waals surface area contributed by atoms with Crippen LogP contribution in [-0.4, -0.2) is 11.7 Å². The van der Waals surface area contributed by atoms with E-state index in [0.717, 1.165) is 10.7 Å². The number of benzene rings is 1. The van der Waals surface area contributed by atoms with Crippen LogP contribution >= 0.6 is 11.8 Å². The van der Waals surface area contributed by atoms with Gasteiger partial charge in [-0.2, -0.15) is 5.26 Å². The SMILES string of the molecule is Cc1occc1SCC(=O)Nc1ccc(C#N)cc1. The largest absolute Gasteiger partial charge is 0.468 e. The highest BCUT2D eigenvalue weighted by Gasteiger charge is 2.07. The molecule has 2 aromatic rings. The Morgan fingerprint density at radius 1 is 1.37 bits per heavy atom. The minimum absolute atomic E-state index is 0.0877. The van der Waals surface area contributed by atoms with Gasteiger partial charge < -0.3 is 9.73 Å². The average molecular weight is 272 g/mol. The first-order valence-electron chi connectivity index (χ1n) is 5.66. The van der Waals surface area contributed by atoms with Crippen molar-refractivity contribution in [2.24, 2.45) is 0 Å². The van der Waals surface area contributed by atoms with Crippen LogP contribution in [0.15, 0.2) is 45.9 Å². The van der Waals surface area contributed by atoms with E-state index in [9.17, 15) is 4.79 Å². The summed E-state index contributed by atoms with van der Waals surface area (Å²) in [5.74, 6) is 1.05. The zero-order chi connectivity index (χ0) is 13.7. The summed E-state index contributed by atoms with van der Waals surface area (Å²) in [7, 11) is 0. The number of nitriles is 1. The number of thioether (sulfide) groups is 1. The quantitative estimate of drug-likeness (QED) is 0.868. The lowest BCUT2D eigenvalue weighted by Gasteiger charge is -2.04. The Balaban J connectivity index is 1.87. The number of hydrogen-bond acceptors (Lipinski definition) is 4. The van der Waals surface area contributed by atoms with E-state index in [4.69, 9.17) is 9.68 Å². The molecule has 0 spiro atoms. The number of carbonyl (C=O) groups is 1. The van der Waals surface area contributed by atoms with Crippen molar-refractivity contribution in [2.75, 3.05) is 11.1 Å². The first-order chi connectivity index (χ1) is 9.19. The molecular weight excluding hydrogens is 260 g/mol. The van der Waals surface area contributed by atoms with E-state index < -0.39 is 0 Å². The van der Waals surface area contributed by atoms with E-state index in [2.05, 4.69) is 5.32 Å².